The zero-order chi connectivity index (χ0) is 12.8. The number of esters is 1. The second-order valence-corrected chi connectivity index (χ2v) is 3.72. The molecule has 0 aliphatic heterocycles. The Kier molecular flexibility index (Phi) is 4.69. The Bertz CT molecular complexity index is 389. The number of nitrogens with zero attached hydrogens (tertiary/aromatic N) is 1. The Morgan fingerprint density at radius 2 is 1.88 bits per heavy atom. The van der Waals surface area contributed by atoms with Gasteiger partial charge in [-0.3, -0.25) is 9.59 Å². The van der Waals surface area contributed by atoms with Crippen molar-refractivity contribution < 1.29 is 14.3 Å². The predicted octanol–water partition coefficient (Wildman–Crippen LogP) is 1.85. The number of hydrogen-bond donors (Lipinski definition) is 0. The van der Waals surface area contributed by atoms with Crippen LogP contribution in [0, 0.1) is 5.92 Å². The first-order valence-electron chi connectivity index (χ1n) is 5.52. The van der Waals surface area contributed by atoms with Gasteiger partial charge in [-0.2, -0.15) is 0 Å². The van der Waals surface area contributed by atoms with Gasteiger partial charge in [-0.15, -0.1) is 0 Å². The highest BCUT2D eigenvalue weighted by atomic mass is 16.5. The molecule has 0 aliphatic carbocycles. The van der Waals surface area contributed by atoms with Gasteiger partial charge in [-0.25, -0.2) is 0 Å². The minimum atomic E-state index is -0.731. The van der Waals surface area contributed by atoms with E-state index in [4.69, 9.17) is 0 Å². The van der Waals surface area contributed by atoms with Crippen LogP contribution >= 0.6 is 0 Å². The molecule has 0 saturated heterocycles. The molecule has 1 rings (SSSR count). The number of rotatable bonds is 4. The number of carbonyl (C=O) groups excluding carboxylic acids is 2. The van der Waals surface area contributed by atoms with Crippen LogP contribution in [0.5, 0.6) is 0 Å². The van der Waals surface area contributed by atoms with Gasteiger partial charge in [0, 0.05) is 12.7 Å². The molecular weight excluding hydrogens is 218 g/mol. The Hall–Kier alpha value is -1.84. The summed E-state index contributed by atoms with van der Waals surface area (Å²) >= 11 is 0. The van der Waals surface area contributed by atoms with Crippen LogP contribution in [0.15, 0.2) is 30.3 Å². The van der Waals surface area contributed by atoms with Crippen molar-refractivity contribution in [3.63, 3.8) is 0 Å². The van der Waals surface area contributed by atoms with Gasteiger partial charge in [0.05, 0.1) is 7.11 Å². The zero-order valence-corrected chi connectivity index (χ0v) is 10.3. The van der Waals surface area contributed by atoms with E-state index in [1.54, 1.807) is 14.0 Å². The maximum atomic E-state index is 12.1. The quantitative estimate of drug-likeness (QED) is 0.591. The van der Waals surface area contributed by atoms with E-state index in [-0.39, 0.29) is 5.91 Å². The second kappa shape index (κ2) is 6.03. The first-order valence-corrected chi connectivity index (χ1v) is 5.52. The number of para-hydroxylation sites is 1. The molecule has 92 valence electrons. The number of hydrogen-bond acceptors (Lipinski definition) is 3. The molecule has 0 fully saturated rings. The van der Waals surface area contributed by atoms with Gasteiger partial charge >= 0.3 is 5.97 Å². The lowest BCUT2D eigenvalue weighted by Crippen LogP contribution is -2.37. The number of anilines is 1. The fourth-order valence-corrected chi connectivity index (χ4v) is 1.60. The average Bonchev–Trinajstić information content (AvgIpc) is 2.39. The first kappa shape index (κ1) is 13.2. The summed E-state index contributed by atoms with van der Waals surface area (Å²) in [5.41, 5.74) is 0.764. The molecule has 1 amide bonds. The number of amides is 1. The van der Waals surface area contributed by atoms with E-state index in [0.717, 1.165) is 5.69 Å². The molecule has 0 bridgehead atoms. The van der Waals surface area contributed by atoms with Gasteiger partial charge in [-0.05, 0) is 18.6 Å². The largest absolute Gasteiger partial charge is 0.468 e. The predicted molar refractivity (Wildman–Crippen MR) is 65.6 cm³/mol. The van der Waals surface area contributed by atoms with Crippen LogP contribution in [0.3, 0.4) is 0 Å². The SMILES string of the molecule is CCC(C(=O)OC)C(=O)N(C)c1ccccc1. The van der Waals surface area contributed by atoms with Gasteiger partial charge in [0.1, 0.15) is 5.92 Å². The van der Waals surface area contributed by atoms with Crippen molar-refractivity contribution in [1.29, 1.82) is 0 Å². The fraction of sp³-hybridized carbons (Fsp3) is 0.385. The summed E-state index contributed by atoms with van der Waals surface area (Å²) in [5.74, 6) is -1.46. The monoisotopic (exact) mass is 235 g/mol. The van der Waals surface area contributed by atoms with Crippen molar-refractivity contribution in [2.24, 2.45) is 5.92 Å². The first-order chi connectivity index (χ1) is 8.11. The van der Waals surface area contributed by atoms with E-state index in [0.29, 0.717) is 6.42 Å². The van der Waals surface area contributed by atoms with E-state index >= 15 is 0 Å². The molecule has 1 aromatic carbocycles. The lowest BCUT2D eigenvalue weighted by atomic mass is 10.1. The molecule has 0 heterocycles. The molecule has 1 atom stereocenters. The minimum Gasteiger partial charge on any atom is -0.468 e. The van der Waals surface area contributed by atoms with Crippen molar-refractivity contribution in [2.45, 2.75) is 13.3 Å². The Balaban J connectivity index is 2.85. The van der Waals surface area contributed by atoms with Crippen LogP contribution in [0.4, 0.5) is 5.69 Å². The maximum absolute atomic E-state index is 12.1. The smallest absolute Gasteiger partial charge is 0.318 e. The maximum Gasteiger partial charge on any atom is 0.318 e. The molecule has 0 spiro atoms. The summed E-state index contributed by atoms with van der Waals surface area (Å²) in [4.78, 5) is 25.0. The highest BCUT2D eigenvalue weighted by Crippen LogP contribution is 2.16. The summed E-state index contributed by atoms with van der Waals surface area (Å²) in [7, 11) is 2.95. The Morgan fingerprint density at radius 3 is 2.35 bits per heavy atom. The van der Waals surface area contributed by atoms with E-state index in [1.165, 1.54) is 12.0 Å². The minimum absolute atomic E-state index is 0.245. The van der Waals surface area contributed by atoms with Crippen molar-refractivity contribution in [3.8, 4) is 0 Å². The lowest BCUT2D eigenvalue weighted by molar-refractivity contribution is -0.149. The highest BCUT2D eigenvalue weighted by molar-refractivity contribution is 6.05. The zero-order valence-electron chi connectivity index (χ0n) is 10.3. The summed E-state index contributed by atoms with van der Waals surface area (Å²) in [6, 6.07) is 9.21. The summed E-state index contributed by atoms with van der Waals surface area (Å²) in [6.45, 7) is 1.79. The van der Waals surface area contributed by atoms with Gasteiger partial charge in [0.15, 0.2) is 0 Å². The van der Waals surface area contributed by atoms with E-state index in [1.807, 2.05) is 30.3 Å². The third-order valence-electron chi connectivity index (χ3n) is 2.67. The number of benzene rings is 1. The van der Waals surface area contributed by atoms with Crippen molar-refractivity contribution in [2.75, 3.05) is 19.1 Å². The van der Waals surface area contributed by atoms with Crippen molar-refractivity contribution >= 4 is 17.6 Å². The summed E-state index contributed by atoms with van der Waals surface area (Å²) in [5, 5.41) is 0. The van der Waals surface area contributed by atoms with Gasteiger partial charge in [-0.1, -0.05) is 25.1 Å². The number of methoxy groups -OCH3 is 1. The molecule has 4 heteroatoms. The Labute approximate surface area is 101 Å². The third-order valence-corrected chi connectivity index (χ3v) is 2.67. The number of carbonyl (C=O) groups is 2. The molecule has 0 aromatic heterocycles. The molecule has 1 unspecified atom stereocenters. The van der Waals surface area contributed by atoms with Gasteiger partial charge < -0.3 is 9.64 Å². The summed E-state index contributed by atoms with van der Waals surface area (Å²) in [6.07, 6.45) is 0.433. The normalized spacial score (nSPS) is 11.7. The standard InChI is InChI=1S/C13H17NO3/c1-4-11(13(16)17-3)12(15)14(2)10-8-6-5-7-9-10/h5-9,11H,4H2,1-3H3. The molecular formula is C13H17NO3. The van der Waals surface area contributed by atoms with Crippen molar-refractivity contribution in [3.05, 3.63) is 30.3 Å². The molecule has 0 aliphatic rings. The van der Waals surface area contributed by atoms with E-state index in [9.17, 15) is 9.59 Å². The highest BCUT2D eigenvalue weighted by Gasteiger charge is 2.28. The summed E-state index contributed by atoms with van der Waals surface area (Å²) < 4.78 is 4.62. The molecule has 1 aromatic rings. The van der Waals surface area contributed by atoms with Crippen LogP contribution in [-0.4, -0.2) is 26.0 Å². The third kappa shape index (κ3) is 3.06. The molecule has 4 nitrogen and oxygen atoms in total. The van der Waals surface area contributed by atoms with Crippen LogP contribution in [0.1, 0.15) is 13.3 Å². The number of ether oxygens (including phenoxy) is 1. The van der Waals surface area contributed by atoms with E-state index < -0.39 is 11.9 Å². The second-order valence-electron chi connectivity index (χ2n) is 3.72. The molecule has 0 saturated carbocycles. The molecule has 17 heavy (non-hydrogen) atoms. The lowest BCUT2D eigenvalue weighted by Gasteiger charge is -2.21. The molecule has 0 N–H and O–H groups in total. The topological polar surface area (TPSA) is 46.6 Å². The van der Waals surface area contributed by atoms with Gasteiger partial charge in [0.2, 0.25) is 5.91 Å². The van der Waals surface area contributed by atoms with Crippen LogP contribution in [-0.2, 0) is 14.3 Å². The van der Waals surface area contributed by atoms with Crippen molar-refractivity contribution in [1.82, 2.24) is 0 Å². The Morgan fingerprint density at radius 1 is 1.29 bits per heavy atom. The van der Waals surface area contributed by atoms with E-state index in [2.05, 4.69) is 4.74 Å². The van der Waals surface area contributed by atoms with Crippen LogP contribution in [0.2, 0.25) is 0 Å². The average molecular weight is 235 g/mol. The van der Waals surface area contributed by atoms with Crippen LogP contribution < -0.4 is 4.90 Å². The molecule has 0 radical (unpaired) electrons. The fourth-order valence-electron chi connectivity index (χ4n) is 1.60. The van der Waals surface area contributed by atoms with Gasteiger partial charge in [0.25, 0.3) is 0 Å². The van der Waals surface area contributed by atoms with Crippen LogP contribution in [0.25, 0.3) is 0 Å².